The minimum Gasteiger partial charge on any atom is -0.468 e. The van der Waals surface area contributed by atoms with E-state index in [0.717, 1.165) is 0 Å². The summed E-state index contributed by atoms with van der Waals surface area (Å²) in [5.74, 6) is -2.79. The van der Waals surface area contributed by atoms with Gasteiger partial charge in [0.05, 0.1) is 26.9 Å². The number of methoxy groups -OCH3 is 3. The molecule has 0 spiro atoms. The second kappa shape index (κ2) is 7.28. The van der Waals surface area contributed by atoms with E-state index >= 15 is 0 Å². The molecule has 108 valence electrons. The first-order chi connectivity index (χ1) is 9.53. The Morgan fingerprint density at radius 1 is 0.900 bits per heavy atom. The Kier molecular flexibility index (Phi) is 5.71. The summed E-state index contributed by atoms with van der Waals surface area (Å²) in [7, 11) is 3.71. The number of ether oxygens (including phenoxy) is 3. The summed E-state index contributed by atoms with van der Waals surface area (Å²) in [6.45, 7) is 0. The number of carbonyl (C=O) groups excluding carboxylic acids is 3. The summed E-state index contributed by atoms with van der Waals surface area (Å²) in [6.07, 6.45) is 0.140. The first-order valence-electron chi connectivity index (χ1n) is 5.86. The number of benzene rings is 1. The molecule has 0 heterocycles. The maximum atomic E-state index is 11.5. The number of hydrogen-bond acceptors (Lipinski definition) is 6. The summed E-state index contributed by atoms with van der Waals surface area (Å²) in [5, 5.41) is 0. The van der Waals surface area contributed by atoms with Crippen LogP contribution >= 0.6 is 0 Å². The zero-order valence-corrected chi connectivity index (χ0v) is 11.5. The van der Waals surface area contributed by atoms with E-state index in [-0.39, 0.29) is 6.42 Å². The molecule has 0 radical (unpaired) electrons. The molecular weight excluding hydrogens is 264 g/mol. The molecule has 0 unspecified atom stereocenters. The van der Waals surface area contributed by atoms with Gasteiger partial charge >= 0.3 is 17.9 Å². The average molecular weight is 280 g/mol. The van der Waals surface area contributed by atoms with Crippen molar-refractivity contribution in [3.05, 3.63) is 35.4 Å². The van der Waals surface area contributed by atoms with Gasteiger partial charge in [-0.1, -0.05) is 12.1 Å². The first kappa shape index (κ1) is 15.7. The van der Waals surface area contributed by atoms with Gasteiger partial charge in [-0.3, -0.25) is 9.59 Å². The molecule has 0 saturated heterocycles. The lowest BCUT2D eigenvalue weighted by atomic mass is 9.98. The Hall–Kier alpha value is -2.37. The highest BCUT2D eigenvalue weighted by Crippen LogP contribution is 2.14. The van der Waals surface area contributed by atoms with Gasteiger partial charge in [0.1, 0.15) is 0 Å². The smallest absolute Gasteiger partial charge is 0.337 e. The van der Waals surface area contributed by atoms with Gasteiger partial charge in [0, 0.05) is 0 Å². The number of hydrogen-bond donors (Lipinski definition) is 0. The van der Waals surface area contributed by atoms with Crippen LogP contribution in [0.2, 0.25) is 0 Å². The zero-order chi connectivity index (χ0) is 15.1. The van der Waals surface area contributed by atoms with Crippen LogP contribution in [0.25, 0.3) is 0 Å². The fourth-order valence-corrected chi connectivity index (χ4v) is 1.68. The lowest BCUT2D eigenvalue weighted by Crippen LogP contribution is -2.28. The lowest BCUT2D eigenvalue weighted by Gasteiger charge is -2.12. The molecule has 1 rings (SSSR count). The van der Waals surface area contributed by atoms with Gasteiger partial charge in [0.2, 0.25) is 0 Å². The van der Waals surface area contributed by atoms with Gasteiger partial charge in [0.15, 0.2) is 5.92 Å². The van der Waals surface area contributed by atoms with E-state index in [9.17, 15) is 14.4 Å². The molecule has 1 aromatic carbocycles. The highest BCUT2D eigenvalue weighted by Gasteiger charge is 2.28. The molecule has 0 aliphatic carbocycles. The van der Waals surface area contributed by atoms with Crippen molar-refractivity contribution in [2.45, 2.75) is 6.42 Å². The van der Waals surface area contributed by atoms with Crippen LogP contribution in [0.15, 0.2) is 24.3 Å². The molecule has 6 heteroatoms. The third-order valence-electron chi connectivity index (χ3n) is 2.79. The summed E-state index contributed by atoms with van der Waals surface area (Å²) < 4.78 is 13.7. The molecule has 1 aromatic rings. The van der Waals surface area contributed by atoms with Crippen molar-refractivity contribution in [3.8, 4) is 0 Å². The number of esters is 3. The normalized spacial score (nSPS) is 10.0. The van der Waals surface area contributed by atoms with E-state index in [1.54, 1.807) is 24.3 Å². The Morgan fingerprint density at radius 2 is 1.40 bits per heavy atom. The van der Waals surface area contributed by atoms with Gasteiger partial charge < -0.3 is 14.2 Å². The van der Waals surface area contributed by atoms with E-state index < -0.39 is 23.8 Å². The molecule has 0 fully saturated rings. The molecule has 0 aliphatic heterocycles. The van der Waals surface area contributed by atoms with Crippen molar-refractivity contribution in [3.63, 3.8) is 0 Å². The highest BCUT2D eigenvalue weighted by molar-refractivity contribution is 5.95. The second-order valence-corrected chi connectivity index (χ2v) is 3.99. The topological polar surface area (TPSA) is 78.9 Å². The van der Waals surface area contributed by atoms with Gasteiger partial charge in [-0.2, -0.15) is 0 Å². The van der Waals surface area contributed by atoms with Crippen molar-refractivity contribution >= 4 is 17.9 Å². The van der Waals surface area contributed by atoms with Crippen LogP contribution in [0.5, 0.6) is 0 Å². The lowest BCUT2D eigenvalue weighted by molar-refractivity contribution is -0.158. The quantitative estimate of drug-likeness (QED) is 0.454. The monoisotopic (exact) mass is 280 g/mol. The Labute approximate surface area is 116 Å². The maximum absolute atomic E-state index is 11.5. The summed E-state index contributed by atoms with van der Waals surface area (Å²) in [6, 6.07) is 6.41. The van der Waals surface area contributed by atoms with Crippen molar-refractivity contribution in [1.82, 2.24) is 0 Å². The predicted molar refractivity (Wildman–Crippen MR) is 69.0 cm³/mol. The zero-order valence-electron chi connectivity index (χ0n) is 11.5. The van der Waals surface area contributed by atoms with E-state index in [2.05, 4.69) is 14.2 Å². The summed E-state index contributed by atoms with van der Waals surface area (Å²) in [4.78, 5) is 34.4. The van der Waals surface area contributed by atoms with Crippen LogP contribution in [-0.4, -0.2) is 39.2 Å². The van der Waals surface area contributed by atoms with Crippen LogP contribution in [-0.2, 0) is 30.2 Å². The van der Waals surface area contributed by atoms with Crippen molar-refractivity contribution < 1.29 is 28.6 Å². The van der Waals surface area contributed by atoms with Crippen LogP contribution in [0.1, 0.15) is 15.9 Å². The van der Waals surface area contributed by atoms with E-state index in [0.29, 0.717) is 11.1 Å². The minimum atomic E-state index is -1.02. The van der Waals surface area contributed by atoms with Crippen LogP contribution in [0.4, 0.5) is 0 Å². The van der Waals surface area contributed by atoms with E-state index in [1.807, 2.05) is 0 Å². The molecule has 6 nitrogen and oxygen atoms in total. The molecule has 0 atom stereocenters. The summed E-state index contributed by atoms with van der Waals surface area (Å²) in [5.41, 5.74) is 1.10. The van der Waals surface area contributed by atoms with Crippen molar-refractivity contribution in [2.24, 2.45) is 5.92 Å². The molecular formula is C14H16O6. The second-order valence-electron chi connectivity index (χ2n) is 3.99. The fourth-order valence-electron chi connectivity index (χ4n) is 1.68. The number of rotatable bonds is 5. The standard InChI is InChI=1S/C14H16O6/c1-18-12(15)10-6-4-9(5-7-10)8-11(13(16)19-2)14(17)20-3/h4-7,11H,8H2,1-3H3. The Morgan fingerprint density at radius 3 is 1.80 bits per heavy atom. The summed E-state index contributed by atoms with van der Waals surface area (Å²) >= 11 is 0. The molecule has 0 aromatic heterocycles. The van der Waals surface area contributed by atoms with Gasteiger partial charge in [0.25, 0.3) is 0 Å². The van der Waals surface area contributed by atoms with Gasteiger partial charge in [-0.25, -0.2) is 4.79 Å². The molecule has 0 amide bonds. The van der Waals surface area contributed by atoms with Crippen LogP contribution < -0.4 is 0 Å². The van der Waals surface area contributed by atoms with Crippen LogP contribution in [0.3, 0.4) is 0 Å². The molecule has 0 N–H and O–H groups in total. The van der Waals surface area contributed by atoms with Crippen LogP contribution in [0, 0.1) is 5.92 Å². The maximum Gasteiger partial charge on any atom is 0.337 e. The molecule has 0 saturated carbocycles. The Balaban J connectivity index is 2.86. The predicted octanol–water partition coefficient (Wildman–Crippen LogP) is 0.978. The third-order valence-corrected chi connectivity index (χ3v) is 2.79. The SMILES string of the molecule is COC(=O)c1ccc(CC(C(=O)OC)C(=O)OC)cc1. The van der Waals surface area contributed by atoms with Crippen molar-refractivity contribution in [1.29, 1.82) is 0 Å². The third kappa shape index (κ3) is 3.81. The van der Waals surface area contributed by atoms with Gasteiger partial charge in [-0.05, 0) is 24.1 Å². The average Bonchev–Trinajstić information content (AvgIpc) is 2.50. The molecule has 0 aliphatic rings. The van der Waals surface area contributed by atoms with E-state index in [1.165, 1.54) is 21.3 Å². The first-order valence-corrected chi connectivity index (χ1v) is 5.86. The van der Waals surface area contributed by atoms with E-state index in [4.69, 9.17) is 0 Å². The fraction of sp³-hybridized carbons (Fsp3) is 0.357. The highest BCUT2D eigenvalue weighted by atomic mass is 16.5. The van der Waals surface area contributed by atoms with Gasteiger partial charge in [-0.15, -0.1) is 0 Å². The Bertz CT molecular complexity index is 475. The molecule has 0 bridgehead atoms. The number of carbonyl (C=O) groups is 3. The van der Waals surface area contributed by atoms with Crippen molar-refractivity contribution in [2.75, 3.05) is 21.3 Å². The minimum absolute atomic E-state index is 0.140. The molecule has 20 heavy (non-hydrogen) atoms. The largest absolute Gasteiger partial charge is 0.468 e.